The highest BCUT2D eigenvalue weighted by Gasteiger charge is 2.01. The summed E-state index contributed by atoms with van der Waals surface area (Å²) in [6.45, 7) is 0. The number of carboxylic acid groups (broad SMARTS) is 4. The van der Waals surface area contributed by atoms with Crippen LogP contribution in [0.15, 0.2) is 0 Å². The summed E-state index contributed by atoms with van der Waals surface area (Å²) in [4.78, 5) is 41.6. The van der Waals surface area contributed by atoms with Crippen molar-refractivity contribution in [2.45, 2.75) is 276 Å². The smallest absolute Gasteiger partial charge is 0.303 e. The van der Waals surface area contributed by atoms with Gasteiger partial charge in [0, 0.05) is 25.7 Å². The first-order chi connectivity index (χ1) is 26.8. The van der Waals surface area contributed by atoms with E-state index in [0.717, 1.165) is 51.4 Å². The molecule has 0 saturated heterocycles. The van der Waals surface area contributed by atoms with E-state index in [-0.39, 0.29) is 0 Å². The van der Waals surface area contributed by atoms with E-state index in [0.29, 0.717) is 25.7 Å². The van der Waals surface area contributed by atoms with Gasteiger partial charge in [0.1, 0.15) is 0 Å². The van der Waals surface area contributed by atoms with E-state index in [9.17, 15) is 19.2 Å². The van der Waals surface area contributed by atoms with Crippen molar-refractivity contribution in [1.82, 2.24) is 0 Å². The van der Waals surface area contributed by atoms with Crippen LogP contribution in [0.1, 0.15) is 276 Å². The zero-order chi connectivity index (χ0) is 40.7. The lowest BCUT2D eigenvalue weighted by molar-refractivity contribution is -0.138. The Morgan fingerprint density at radius 2 is 0.236 bits per heavy atom. The fourth-order valence-corrected chi connectivity index (χ4v) is 7.29. The SMILES string of the molecule is O=C(O)CCCCCCCCCCCCCCCCCCCCCC(=O)O.O=C(O)CCCCCCCCCCCCCCCCCCCCCCC(=O)O. The molecule has 0 fully saturated rings. The number of hydrogen-bond donors (Lipinski definition) is 4. The van der Waals surface area contributed by atoms with Crippen molar-refractivity contribution in [2.24, 2.45) is 0 Å². The third kappa shape index (κ3) is 58.7. The molecule has 0 bridgehead atoms. The molecule has 55 heavy (non-hydrogen) atoms. The van der Waals surface area contributed by atoms with Crippen LogP contribution in [0.25, 0.3) is 0 Å². The zero-order valence-electron chi connectivity index (χ0n) is 35.8. The Balaban J connectivity index is 0. The van der Waals surface area contributed by atoms with E-state index in [1.807, 2.05) is 0 Å². The van der Waals surface area contributed by atoms with Crippen LogP contribution < -0.4 is 0 Å². The Labute approximate surface area is 338 Å². The molecule has 0 aliphatic heterocycles. The van der Waals surface area contributed by atoms with Gasteiger partial charge in [0.2, 0.25) is 0 Å². The number of carboxylic acids is 4. The highest BCUT2D eigenvalue weighted by Crippen LogP contribution is 2.17. The Morgan fingerprint density at radius 3 is 0.309 bits per heavy atom. The van der Waals surface area contributed by atoms with Crippen molar-refractivity contribution in [2.75, 3.05) is 0 Å². The minimum Gasteiger partial charge on any atom is -0.481 e. The lowest BCUT2D eigenvalue weighted by Gasteiger charge is -2.04. The minimum absolute atomic E-state index is 0.328. The largest absolute Gasteiger partial charge is 0.481 e. The van der Waals surface area contributed by atoms with Gasteiger partial charge in [-0.05, 0) is 25.7 Å². The van der Waals surface area contributed by atoms with Crippen molar-refractivity contribution in [1.29, 1.82) is 0 Å². The average molecular weight is 783 g/mol. The maximum atomic E-state index is 10.4. The van der Waals surface area contributed by atoms with E-state index >= 15 is 0 Å². The molecule has 0 radical (unpaired) electrons. The predicted octanol–water partition coefficient (Wildman–Crippen LogP) is 15.1. The fourth-order valence-electron chi connectivity index (χ4n) is 7.29. The van der Waals surface area contributed by atoms with Crippen LogP contribution in [-0.4, -0.2) is 44.3 Å². The third-order valence-corrected chi connectivity index (χ3v) is 10.8. The van der Waals surface area contributed by atoms with Gasteiger partial charge in [0.25, 0.3) is 0 Å². The normalized spacial score (nSPS) is 11.0. The van der Waals surface area contributed by atoms with Gasteiger partial charge in [-0.25, -0.2) is 0 Å². The first-order valence-electron chi connectivity index (χ1n) is 23.6. The molecule has 0 spiro atoms. The number of carbonyl (C=O) groups is 4. The van der Waals surface area contributed by atoms with Gasteiger partial charge in [-0.2, -0.15) is 0 Å². The third-order valence-electron chi connectivity index (χ3n) is 10.8. The minimum atomic E-state index is -0.667. The van der Waals surface area contributed by atoms with Crippen molar-refractivity contribution >= 4 is 23.9 Å². The quantitative estimate of drug-likeness (QED) is 0.0446. The maximum Gasteiger partial charge on any atom is 0.303 e. The monoisotopic (exact) mass is 783 g/mol. The molecule has 8 nitrogen and oxygen atoms in total. The summed E-state index contributed by atoms with van der Waals surface area (Å²) in [7, 11) is 0. The molecule has 0 atom stereocenters. The molecule has 0 aliphatic carbocycles. The van der Waals surface area contributed by atoms with Gasteiger partial charge in [0.15, 0.2) is 0 Å². The Hall–Kier alpha value is -2.12. The molecule has 8 heteroatoms. The van der Waals surface area contributed by atoms with Crippen LogP contribution in [0.4, 0.5) is 0 Å². The van der Waals surface area contributed by atoms with E-state index < -0.39 is 23.9 Å². The standard InChI is InChI=1S/C24H46O4.C23H44O4/c25-23(26)21-19-17-15-13-11-9-7-5-3-1-2-4-6-8-10-12-14-16-18-20-22-24(27)28;24-22(25)20-18-16-14-12-10-8-6-4-2-1-3-5-7-9-11-13-15-17-19-21-23(26)27/h1-22H2,(H,25,26)(H,27,28);1-21H2,(H,24,25)(H,26,27). The van der Waals surface area contributed by atoms with E-state index in [1.54, 1.807) is 0 Å². The molecule has 0 aromatic heterocycles. The van der Waals surface area contributed by atoms with Crippen LogP contribution >= 0.6 is 0 Å². The van der Waals surface area contributed by atoms with Crippen molar-refractivity contribution in [3.8, 4) is 0 Å². The molecule has 0 unspecified atom stereocenters. The summed E-state index contributed by atoms with van der Waals surface area (Å²) < 4.78 is 0. The van der Waals surface area contributed by atoms with Gasteiger partial charge in [-0.15, -0.1) is 0 Å². The highest BCUT2D eigenvalue weighted by molar-refractivity contribution is 5.67. The second-order valence-electron chi connectivity index (χ2n) is 16.4. The number of hydrogen-bond acceptors (Lipinski definition) is 4. The molecule has 4 N–H and O–H groups in total. The molecule has 0 aromatic carbocycles. The molecular formula is C47H90O8. The van der Waals surface area contributed by atoms with Crippen molar-refractivity contribution < 1.29 is 39.6 Å². The van der Waals surface area contributed by atoms with Crippen LogP contribution in [-0.2, 0) is 19.2 Å². The van der Waals surface area contributed by atoms with Crippen LogP contribution in [0.5, 0.6) is 0 Å². The van der Waals surface area contributed by atoms with Crippen molar-refractivity contribution in [3.63, 3.8) is 0 Å². The molecular weight excluding hydrogens is 693 g/mol. The molecule has 0 saturated carbocycles. The average Bonchev–Trinajstić information content (AvgIpc) is 3.14. The van der Waals surface area contributed by atoms with Crippen molar-refractivity contribution in [3.05, 3.63) is 0 Å². The van der Waals surface area contributed by atoms with Gasteiger partial charge in [-0.1, -0.05) is 225 Å². The Morgan fingerprint density at radius 1 is 0.164 bits per heavy atom. The van der Waals surface area contributed by atoms with Crippen LogP contribution in [0, 0.1) is 0 Å². The number of rotatable bonds is 45. The van der Waals surface area contributed by atoms with Crippen LogP contribution in [0.2, 0.25) is 0 Å². The summed E-state index contributed by atoms with van der Waals surface area (Å²) in [5, 5.41) is 34.3. The second kappa shape index (κ2) is 48.0. The second-order valence-corrected chi connectivity index (χ2v) is 16.4. The predicted molar refractivity (Wildman–Crippen MR) is 229 cm³/mol. The van der Waals surface area contributed by atoms with Gasteiger partial charge in [0.05, 0.1) is 0 Å². The first kappa shape index (κ1) is 55.0. The van der Waals surface area contributed by atoms with Gasteiger partial charge in [-0.3, -0.25) is 19.2 Å². The summed E-state index contributed by atoms with van der Waals surface area (Å²) >= 11 is 0. The first-order valence-corrected chi connectivity index (χ1v) is 23.6. The summed E-state index contributed by atoms with van der Waals surface area (Å²) in [6, 6.07) is 0. The summed E-state index contributed by atoms with van der Waals surface area (Å²) in [6.07, 6.45) is 50.0. The molecule has 0 rings (SSSR count). The zero-order valence-corrected chi connectivity index (χ0v) is 35.8. The summed E-state index contributed by atoms with van der Waals surface area (Å²) in [5.41, 5.74) is 0. The Kier molecular flexibility index (Phi) is 48.0. The lowest BCUT2D eigenvalue weighted by atomic mass is 10.0. The molecule has 0 aromatic rings. The molecule has 0 aliphatic rings. The van der Waals surface area contributed by atoms with Crippen LogP contribution in [0.3, 0.4) is 0 Å². The maximum absolute atomic E-state index is 10.4. The molecule has 326 valence electrons. The topological polar surface area (TPSA) is 149 Å². The van der Waals surface area contributed by atoms with Gasteiger partial charge >= 0.3 is 23.9 Å². The lowest BCUT2D eigenvalue weighted by Crippen LogP contribution is -1.93. The van der Waals surface area contributed by atoms with E-state index in [4.69, 9.17) is 20.4 Å². The summed E-state index contributed by atoms with van der Waals surface area (Å²) in [5.74, 6) is -2.66. The Bertz CT molecular complexity index is 764. The highest BCUT2D eigenvalue weighted by atomic mass is 16.4. The van der Waals surface area contributed by atoms with Gasteiger partial charge < -0.3 is 20.4 Å². The van der Waals surface area contributed by atoms with E-state index in [2.05, 4.69) is 0 Å². The molecule has 0 amide bonds. The molecule has 0 heterocycles. The number of unbranched alkanes of at least 4 members (excludes halogenated alkanes) is 37. The fraction of sp³-hybridized carbons (Fsp3) is 0.915. The number of aliphatic carboxylic acids is 4. The van der Waals surface area contributed by atoms with E-state index in [1.165, 1.54) is 199 Å².